The molecule has 0 aliphatic carbocycles. The van der Waals surface area contributed by atoms with Crippen molar-refractivity contribution in [2.75, 3.05) is 20.6 Å². The van der Waals surface area contributed by atoms with E-state index in [9.17, 15) is 5.11 Å². The smallest absolute Gasteiger partial charge is 0.122 e. The van der Waals surface area contributed by atoms with E-state index in [-0.39, 0.29) is 0 Å². The zero-order chi connectivity index (χ0) is 14.7. The van der Waals surface area contributed by atoms with Crippen molar-refractivity contribution in [3.05, 3.63) is 52.3 Å². The molecule has 0 aliphatic heterocycles. The van der Waals surface area contributed by atoms with Crippen LogP contribution in [0.1, 0.15) is 22.9 Å². The second kappa shape index (κ2) is 6.39. The van der Waals surface area contributed by atoms with E-state index < -0.39 is 6.10 Å². The van der Waals surface area contributed by atoms with Gasteiger partial charge in [0, 0.05) is 6.54 Å². The molecule has 5 heteroatoms. The number of benzene rings is 1. The third-order valence-corrected chi connectivity index (χ3v) is 3.50. The summed E-state index contributed by atoms with van der Waals surface area (Å²) in [7, 11) is 4.00. The van der Waals surface area contributed by atoms with Crippen LogP contribution in [0.5, 0.6) is 0 Å². The van der Waals surface area contributed by atoms with Crippen molar-refractivity contribution in [1.29, 1.82) is 0 Å². The van der Waals surface area contributed by atoms with Gasteiger partial charge in [0.2, 0.25) is 0 Å². The Morgan fingerprint density at radius 2 is 2.15 bits per heavy atom. The van der Waals surface area contributed by atoms with Crippen molar-refractivity contribution in [1.82, 2.24) is 14.7 Å². The Bertz CT molecular complexity index is 580. The predicted octanol–water partition coefficient (Wildman–Crippen LogP) is 2.49. The van der Waals surface area contributed by atoms with Crippen molar-refractivity contribution in [2.24, 2.45) is 0 Å². The zero-order valence-corrected chi connectivity index (χ0v) is 12.8. The number of rotatable bonds is 5. The molecule has 1 unspecified atom stereocenters. The summed E-state index contributed by atoms with van der Waals surface area (Å²) in [5.74, 6) is 0. The molecule has 0 amide bonds. The molecule has 20 heavy (non-hydrogen) atoms. The van der Waals surface area contributed by atoms with E-state index in [1.165, 1.54) is 0 Å². The molecule has 4 nitrogen and oxygen atoms in total. The largest absolute Gasteiger partial charge is 0.382 e. The van der Waals surface area contributed by atoms with Gasteiger partial charge in [-0.15, -0.1) is 0 Å². The summed E-state index contributed by atoms with van der Waals surface area (Å²) in [6.07, 6.45) is 0.832. The fourth-order valence-electron chi connectivity index (χ4n) is 2.11. The van der Waals surface area contributed by atoms with E-state index >= 15 is 0 Å². The first-order chi connectivity index (χ1) is 9.49. The van der Waals surface area contributed by atoms with Crippen LogP contribution in [0.3, 0.4) is 0 Å². The molecule has 2 rings (SSSR count). The van der Waals surface area contributed by atoms with Gasteiger partial charge in [-0.3, -0.25) is 4.68 Å². The molecule has 2 aromatic rings. The summed E-state index contributed by atoms with van der Waals surface area (Å²) in [4.78, 5) is 2.07. The van der Waals surface area contributed by atoms with Crippen LogP contribution in [0, 0.1) is 6.92 Å². The number of hydrogen-bond acceptors (Lipinski definition) is 3. The fraction of sp³-hybridized carbons (Fsp3) is 0.400. The van der Waals surface area contributed by atoms with Gasteiger partial charge in [-0.1, -0.05) is 41.4 Å². The number of likely N-dealkylation sites (N-methyl/N-ethyl adjacent to an activating group) is 1. The minimum Gasteiger partial charge on any atom is -0.382 e. The van der Waals surface area contributed by atoms with Gasteiger partial charge in [-0.2, -0.15) is 5.10 Å². The molecule has 0 bridgehead atoms. The second-order valence-corrected chi connectivity index (χ2v) is 5.63. The Kier molecular flexibility index (Phi) is 4.81. The third kappa shape index (κ3) is 3.39. The molecule has 0 saturated carbocycles. The number of halogens is 1. The summed E-state index contributed by atoms with van der Waals surface area (Å²) in [5, 5.41) is 15.3. The molecular formula is C15H20ClN3O. The van der Waals surface area contributed by atoms with Crippen molar-refractivity contribution >= 4 is 11.6 Å². The van der Waals surface area contributed by atoms with E-state index in [0.717, 1.165) is 17.7 Å². The van der Waals surface area contributed by atoms with Gasteiger partial charge in [-0.25, -0.2) is 0 Å². The molecular weight excluding hydrogens is 274 g/mol. The molecule has 0 spiro atoms. The molecule has 108 valence electrons. The Hall–Kier alpha value is -1.36. The van der Waals surface area contributed by atoms with Gasteiger partial charge in [0.05, 0.1) is 23.5 Å². The quantitative estimate of drug-likeness (QED) is 0.921. The number of nitrogens with zero attached hydrogens (tertiary/aromatic N) is 3. The summed E-state index contributed by atoms with van der Waals surface area (Å²) >= 11 is 6.19. The van der Waals surface area contributed by atoms with Crippen molar-refractivity contribution < 1.29 is 5.11 Å². The van der Waals surface area contributed by atoms with E-state index in [1.54, 1.807) is 10.9 Å². The maximum Gasteiger partial charge on any atom is 0.122 e. The Morgan fingerprint density at radius 3 is 2.80 bits per heavy atom. The van der Waals surface area contributed by atoms with Crippen molar-refractivity contribution in [3.8, 4) is 0 Å². The Balaban J connectivity index is 2.29. The molecule has 1 atom stereocenters. The van der Waals surface area contributed by atoms with Gasteiger partial charge < -0.3 is 10.0 Å². The lowest BCUT2D eigenvalue weighted by atomic mass is 10.0. The number of aryl methyl sites for hydroxylation is 1. The highest BCUT2D eigenvalue weighted by molar-refractivity contribution is 6.31. The minimum absolute atomic E-state index is 0.498. The van der Waals surface area contributed by atoms with E-state index in [0.29, 0.717) is 17.3 Å². The highest BCUT2D eigenvalue weighted by Gasteiger charge is 2.20. The average Bonchev–Trinajstić information content (AvgIpc) is 2.76. The number of aliphatic hydroxyl groups is 1. The molecule has 0 aliphatic rings. The van der Waals surface area contributed by atoms with Gasteiger partial charge in [0.1, 0.15) is 6.10 Å². The Labute approximate surface area is 124 Å². The van der Waals surface area contributed by atoms with Gasteiger partial charge in [0.25, 0.3) is 0 Å². The van der Waals surface area contributed by atoms with Crippen LogP contribution >= 0.6 is 11.6 Å². The van der Waals surface area contributed by atoms with Crippen LogP contribution in [0.25, 0.3) is 0 Å². The average molecular weight is 294 g/mol. The molecule has 0 saturated heterocycles. The molecule has 1 N–H and O–H groups in total. The van der Waals surface area contributed by atoms with Crippen LogP contribution in [-0.2, 0) is 6.54 Å². The van der Waals surface area contributed by atoms with Gasteiger partial charge >= 0.3 is 0 Å². The molecule has 0 radical (unpaired) electrons. The van der Waals surface area contributed by atoms with Crippen LogP contribution in [0.15, 0.2) is 30.5 Å². The highest BCUT2D eigenvalue weighted by atomic mass is 35.5. The van der Waals surface area contributed by atoms with Crippen LogP contribution < -0.4 is 0 Å². The maximum absolute atomic E-state index is 10.6. The maximum atomic E-state index is 10.6. The van der Waals surface area contributed by atoms with E-state index in [2.05, 4.69) is 10.00 Å². The summed E-state index contributed by atoms with van der Waals surface area (Å²) < 4.78 is 1.77. The molecule has 1 heterocycles. The Morgan fingerprint density at radius 1 is 1.40 bits per heavy atom. The number of aliphatic hydroxyl groups excluding tert-OH is 1. The lowest BCUT2D eigenvalue weighted by Crippen LogP contribution is -2.21. The van der Waals surface area contributed by atoms with Crippen molar-refractivity contribution in [2.45, 2.75) is 19.6 Å². The lowest BCUT2D eigenvalue weighted by Gasteiger charge is -2.16. The predicted molar refractivity (Wildman–Crippen MR) is 81.0 cm³/mol. The molecule has 1 aromatic carbocycles. The zero-order valence-electron chi connectivity index (χ0n) is 12.0. The lowest BCUT2D eigenvalue weighted by molar-refractivity contribution is 0.205. The van der Waals surface area contributed by atoms with Crippen molar-refractivity contribution in [3.63, 3.8) is 0 Å². The first kappa shape index (κ1) is 15.0. The van der Waals surface area contributed by atoms with Crippen LogP contribution in [0.2, 0.25) is 5.02 Å². The molecule has 1 aromatic heterocycles. The van der Waals surface area contributed by atoms with Crippen LogP contribution in [0.4, 0.5) is 0 Å². The summed E-state index contributed by atoms with van der Waals surface area (Å²) in [5.41, 5.74) is 2.59. The van der Waals surface area contributed by atoms with E-state index in [1.807, 2.05) is 45.3 Å². The van der Waals surface area contributed by atoms with Crippen LogP contribution in [-0.4, -0.2) is 40.4 Å². The second-order valence-electron chi connectivity index (χ2n) is 5.22. The standard InChI is InChI=1S/C15H20ClN3O/c1-11-5-4-6-12(9-11)15(20)14-13(16)10-17-19(14)8-7-18(2)3/h4-6,9-10,15,20H,7-8H2,1-3H3. The number of aromatic nitrogens is 2. The molecule has 0 fully saturated rings. The fourth-order valence-corrected chi connectivity index (χ4v) is 2.36. The van der Waals surface area contributed by atoms with Gasteiger partial charge in [-0.05, 0) is 26.6 Å². The number of hydrogen-bond donors (Lipinski definition) is 1. The first-order valence-corrected chi connectivity index (χ1v) is 6.97. The van der Waals surface area contributed by atoms with Gasteiger partial charge in [0.15, 0.2) is 0 Å². The summed E-state index contributed by atoms with van der Waals surface area (Å²) in [6.45, 7) is 3.53. The summed E-state index contributed by atoms with van der Waals surface area (Å²) in [6, 6.07) is 7.80. The SMILES string of the molecule is Cc1cccc(C(O)c2c(Cl)cnn2CCN(C)C)c1. The monoisotopic (exact) mass is 293 g/mol. The first-order valence-electron chi connectivity index (χ1n) is 6.59. The third-order valence-electron chi connectivity index (χ3n) is 3.21. The van der Waals surface area contributed by atoms with E-state index in [4.69, 9.17) is 11.6 Å². The topological polar surface area (TPSA) is 41.3 Å². The minimum atomic E-state index is -0.757. The normalized spacial score (nSPS) is 12.9. The highest BCUT2D eigenvalue weighted by Crippen LogP contribution is 2.28.